The first-order valence-electron chi connectivity index (χ1n) is 10.4. The van der Waals surface area contributed by atoms with Crippen LogP contribution < -0.4 is 14.8 Å². The lowest BCUT2D eigenvalue weighted by Gasteiger charge is -2.30. The van der Waals surface area contributed by atoms with E-state index in [0.29, 0.717) is 43.2 Å². The van der Waals surface area contributed by atoms with Gasteiger partial charge in [-0.25, -0.2) is 12.8 Å². The average molecular weight is 485 g/mol. The smallest absolute Gasteiger partial charge is 0.243 e. The summed E-state index contributed by atoms with van der Waals surface area (Å²) in [5.74, 6) is -0.0894. The molecule has 0 unspecified atom stereocenters. The monoisotopic (exact) mass is 484 g/mol. The van der Waals surface area contributed by atoms with Crippen molar-refractivity contribution in [1.29, 1.82) is 0 Å². The summed E-state index contributed by atoms with van der Waals surface area (Å²) >= 11 is 5.74. The fourth-order valence-electron chi connectivity index (χ4n) is 3.52. The highest BCUT2D eigenvalue weighted by atomic mass is 35.5. The van der Waals surface area contributed by atoms with Crippen molar-refractivity contribution in [3.63, 3.8) is 0 Å². The maximum atomic E-state index is 13.4. The number of hydrogen-bond acceptors (Lipinski definition) is 5. The van der Waals surface area contributed by atoms with E-state index in [1.54, 1.807) is 18.2 Å². The van der Waals surface area contributed by atoms with E-state index in [4.69, 9.17) is 21.1 Å². The fourth-order valence-corrected chi connectivity index (χ4v) is 5.27. The lowest BCUT2D eigenvalue weighted by Crippen LogP contribution is -2.41. The number of anilines is 1. The van der Waals surface area contributed by atoms with Gasteiger partial charge in [-0.15, -0.1) is 0 Å². The first-order valence-corrected chi connectivity index (χ1v) is 12.2. The van der Waals surface area contributed by atoms with Gasteiger partial charge in [0.25, 0.3) is 0 Å². The van der Waals surface area contributed by atoms with Gasteiger partial charge in [-0.2, -0.15) is 4.31 Å². The molecule has 1 fully saturated rings. The first-order chi connectivity index (χ1) is 15.3. The number of amides is 1. The summed E-state index contributed by atoms with van der Waals surface area (Å²) in [7, 11) is -3.82. The van der Waals surface area contributed by atoms with E-state index in [2.05, 4.69) is 5.32 Å². The third kappa shape index (κ3) is 5.51. The number of ether oxygens (including phenoxy) is 2. The molecule has 0 aliphatic carbocycles. The third-order valence-electron chi connectivity index (χ3n) is 5.17. The zero-order chi connectivity index (χ0) is 23.3. The molecule has 0 spiro atoms. The Labute approximate surface area is 192 Å². The highest BCUT2D eigenvalue weighted by Crippen LogP contribution is 2.32. The molecule has 1 aliphatic heterocycles. The zero-order valence-corrected chi connectivity index (χ0v) is 19.5. The molecule has 0 bridgehead atoms. The molecule has 2 aromatic carbocycles. The van der Waals surface area contributed by atoms with Crippen LogP contribution in [0.15, 0.2) is 41.3 Å². The molecule has 0 saturated carbocycles. The molecule has 1 saturated heterocycles. The van der Waals surface area contributed by atoms with E-state index in [1.807, 2.05) is 13.8 Å². The molecule has 3 rings (SSSR count). The topological polar surface area (TPSA) is 84.9 Å². The minimum absolute atomic E-state index is 0.0686. The second kappa shape index (κ2) is 10.5. The Hall–Kier alpha value is -2.36. The maximum absolute atomic E-state index is 13.4. The van der Waals surface area contributed by atoms with Crippen LogP contribution in [0.4, 0.5) is 10.1 Å². The Morgan fingerprint density at radius 3 is 2.44 bits per heavy atom. The number of piperidine rings is 1. The van der Waals surface area contributed by atoms with Crippen molar-refractivity contribution in [3.05, 3.63) is 47.2 Å². The van der Waals surface area contributed by atoms with Gasteiger partial charge in [0.1, 0.15) is 17.3 Å². The number of nitrogens with zero attached hydrogens (tertiary/aromatic N) is 1. The van der Waals surface area contributed by atoms with Crippen LogP contribution in [0.3, 0.4) is 0 Å². The normalized spacial score (nSPS) is 15.4. The molecule has 7 nitrogen and oxygen atoms in total. The molecular formula is C22H26ClFN2O5S. The van der Waals surface area contributed by atoms with E-state index in [-0.39, 0.29) is 34.8 Å². The van der Waals surface area contributed by atoms with Crippen molar-refractivity contribution >= 4 is 33.2 Å². The number of nitrogens with one attached hydrogen (secondary N) is 1. The number of carbonyl (C=O) groups excluding carboxylic acids is 1. The zero-order valence-electron chi connectivity index (χ0n) is 17.9. The van der Waals surface area contributed by atoms with Crippen molar-refractivity contribution in [2.24, 2.45) is 5.92 Å². The summed E-state index contributed by atoms with van der Waals surface area (Å²) < 4.78 is 51.5. The van der Waals surface area contributed by atoms with Crippen LogP contribution in [-0.2, 0) is 14.8 Å². The molecule has 174 valence electrons. The number of rotatable bonds is 8. The van der Waals surface area contributed by atoms with E-state index in [1.165, 1.54) is 10.4 Å². The van der Waals surface area contributed by atoms with Gasteiger partial charge in [0.2, 0.25) is 15.9 Å². The van der Waals surface area contributed by atoms with Crippen LogP contribution >= 0.6 is 11.6 Å². The van der Waals surface area contributed by atoms with E-state index < -0.39 is 15.8 Å². The minimum atomic E-state index is -3.82. The van der Waals surface area contributed by atoms with Crippen LogP contribution in [0, 0.1) is 11.7 Å². The number of benzene rings is 2. The van der Waals surface area contributed by atoms with Gasteiger partial charge in [0.05, 0.1) is 28.8 Å². The molecular weight excluding hydrogens is 459 g/mol. The number of sulfonamides is 1. The predicted molar refractivity (Wildman–Crippen MR) is 120 cm³/mol. The van der Waals surface area contributed by atoms with Crippen LogP contribution in [0.1, 0.15) is 26.7 Å². The number of halogens is 2. The van der Waals surface area contributed by atoms with Gasteiger partial charge in [-0.05, 0) is 57.0 Å². The Balaban J connectivity index is 1.67. The molecule has 32 heavy (non-hydrogen) atoms. The summed E-state index contributed by atoms with van der Waals surface area (Å²) in [6.45, 7) is 5.01. The van der Waals surface area contributed by atoms with Crippen molar-refractivity contribution < 1.29 is 27.1 Å². The average Bonchev–Trinajstić information content (AvgIpc) is 2.77. The Bertz CT molecular complexity index is 1070. The Morgan fingerprint density at radius 2 is 1.81 bits per heavy atom. The largest absolute Gasteiger partial charge is 0.494 e. The van der Waals surface area contributed by atoms with E-state index in [9.17, 15) is 17.6 Å². The third-order valence-corrected chi connectivity index (χ3v) is 7.36. The van der Waals surface area contributed by atoms with Crippen molar-refractivity contribution in [2.45, 2.75) is 31.6 Å². The van der Waals surface area contributed by atoms with Crippen LogP contribution in [0.5, 0.6) is 11.5 Å². The standard InChI is InChI=1S/C22H26ClFN2O5S/c1-3-30-16-5-8-21(31-4-2)20(13-16)25-22(27)15-9-11-26(12-10-15)32(28,29)17-6-7-19(24)18(23)14-17/h5-8,13-15H,3-4,9-12H2,1-2H3,(H,25,27). The van der Waals surface area contributed by atoms with Gasteiger partial charge in [-0.1, -0.05) is 11.6 Å². The molecule has 1 N–H and O–H groups in total. The van der Waals surface area contributed by atoms with Gasteiger partial charge in [-0.3, -0.25) is 4.79 Å². The number of hydrogen-bond donors (Lipinski definition) is 1. The molecule has 0 radical (unpaired) electrons. The summed E-state index contributed by atoms with van der Waals surface area (Å²) in [4.78, 5) is 12.8. The summed E-state index contributed by atoms with van der Waals surface area (Å²) in [6.07, 6.45) is 0.713. The van der Waals surface area contributed by atoms with E-state index in [0.717, 1.165) is 12.1 Å². The highest BCUT2D eigenvalue weighted by Gasteiger charge is 2.32. The van der Waals surface area contributed by atoms with Gasteiger partial charge >= 0.3 is 0 Å². The summed E-state index contributed by atoms with van der Waals surface area (Å²) in [6, 6.07) is 8.55. The molecule has 10 heteroatoms. The number of carbonyl (C=O) groups is 1. The van der Waals surface area contributed by atoms with Gasteiger partial charge in [0, 0.05) is 25.1 Å². The molecule has 1 amide bonds. The Kier molecular flexibility index (Phi) is 7.97. The molecule has 1 heterocycles. The Morgan fingerprint density at radius 1 is 1.12 bits per heavy atom. The van der Waals surface area contributed by atoms with Crippen LogP contribution in [0.25, 0.3) is 0 Å². The molecule has 0 aromatic heterocycles. The quantitative estimate of drug-likeness (QED) is 0.603. The van der Waals surface area contributed by atoms with E-state index >= 15 is 0 Å². The second-order valence-electron chi connectivity index (χ2n) is 7.27. The summed E-state index contributed by atoms with van der Waals surface area (Å²) in [5, 5.41) is 2.64. The van der Waals surface area contributed by atoms with Crippen LogP contribution in [0.2, 0.25) is 5.02 Å². The van der Waals surface area contributed by atoms with Crippen LogP contribution in [-0.4, -0.2) is 44.9 Å². The molecule has 2 aromatic rings. The molecule has 0 atom stereocenters. The van der Waals surface area contributed by atoms with Crippen molar-refractivity contribution in [1.82, 2.24) is 4.31 Å². The lowest BCUT2D eigenvalue weighted by atomic mass is 9.97. The SMILES string of the molecule is CCOc1ccc(OCC)c(NC(=O)C2CCN(S(=O)(=O)c3ccc(F)c(Cl)c3)CC2)c1. The fraction of sp³-hybridized carbons (Fsp3) is 0.409. The maximum Gasteiger partial charge on any atom is 0.243 e. The minimum Gasteiger partial charge on any atom is -0.494 e. The first kappa shape index (κ1) is 24.3. The second-order valence-corrected chi connectivity index (χ2v) is 9.61. The predicted octanol–water partition coefficient (Wildman–Crippen LogP) is 4.32. The van der Waals surface area contributed by atoms with Crippen molar-refractivity contribution in [3.8, 4) is 11.5 Å². The lowest BCUT2D eigenvalue weighted by molar-refractivity contribution is -0.120. The van der Waals surface area contributed by atoms with Gasteiger partial charge in [0.15, 0.2) is 0 Å². The molecule has 1 aliphatic rings. The highest BCUT2D eigenvalue weighted by molar-refractivity contribution is 7.89. The van der Waals surface area contributed by atoms with Crippen molar-refractivity contribution in [2.75, 3.05) is 31.6 Å². The summed E-state index contributed by atoms with van der Waals surface area (Å²) in [5.41, 5.74) is 0.513. The van der Waals surface area contributed by atoms with Gasteiger partial charge < -0.3 is 14.8 Å².